The fraction of sp³-hybridized carbons (Fsp3) is 0.364. The van der Waals surface area contributed by atoms with Gasteiger partial charge in [-0.1, -0.05) is 72.8 Å². The Balaban J connectivity index is 1.10. The lowest BCUT2D eigenvalue weighted by molar-refractivity contribution is -0.137. The smallest absolute Gasteiger partial charge is 0.229 e. The van der Waals surface area contributed by atoms with Crippen LogP contribution in [0.1, 0.15) is 47.4 Å². The molecule has 4 aromatic rings. The molecule has 1 amide bonds. The number of piperidine rings is 1. The molecule has 6 rings (SSSR count). The number of amides is 1. The van der Waals surface area contributed by atoms with Gasteiger partial charge >= 0.3 is 0 Å². The molecule has 0 saturated carbocycles. The summed E-state index contributed by atoms with van der Waals surface area (Å²) in [5.74, 6) is 0.875. The third kappa shape index (κ3) is 5.52. The molecule has 39 heavy (non-hydrogen) atoms. The summed E-state index contributed by atoms with van der Waals surface area (Å²) in [4.78, 5) is 39.3. The summed E-state index contributed by atoms with van der Waals surface area (Å²) in [6.45, 7) is 4.10. The number of hydrogen-bond acceptors (Lipinski definition) is 4. The van der Waals surface area contributed by atoms with Crippen LogP contribution in [0.3, 0.4) is 0 Å². The van der Waals surface area contributed by atoms with Crippen LogP contribution >= 0.6 is 0 Å². The number of Topliss-reactive ketones (excluding diaryl/α,β-unsaturated/α-hetero) is 1. The number of hydrogen-bond donors (Lipinski definition) is 1. The average molecular weight is 521 g/mol. The molecule has 6 nitrogen and oxygen atoms in total. The number of aromatic nitrogens is 2. The van der Waals surface area contributed by atoms with Crippen LogP contribution in [0.4, 0.5) is 0 Å². The first kappa shape index (κ1) is 25.5. The van der Waals surface area contributed by atoms with E-state index in [-0.39, 0.29) is 23.0 Å². The number of H-pyrrole nitrogens is 1. The molecule has 0 radical (unpaired) electrons. The quantitative estimate of drug-likeness (QED) is 0.296. The largest absolute Gasteiger partial charge is 0.338 e. The predicted octanol–water partition coefficient (Wildman–Crippen LogP) is 5.51. The molecular weight excluding hydrogens is 484 g/mol. The number of para-hydroxylation sites is 2. The number of nitrogens with zero attached hydrogens (tertiary/aromatic N) is 3. The zero-order valence-corrected chi connectivity index (χ0v) is 22.4. The summed E-state index contributed by atoms with van der Waals surface area (Å²) >= 11 is 0. The van der Waals surface area contributed by atoms with E-state index in [9.17, 15) is 9.59 Å². The fourth-order valence-corrected chi connectivity index (χ4v) is 6.37. The van der Waals surface area contributed by atoms with Crippen molar-refractivity contribution in [2.75, 3.05) is 26.2 Å². The molecular formula is C33H36N4O2. The van der Waals surface area contributed by atoms with Gasteiger partial charge in [0.15, 0.2) is 5.82 Å². The standard InChI is InChI=1S/C33H36N4O2/c38-30(31-34-28-13-7-8-14-29(28)35-31)27-15-19-36(20-16-27)21-17-33(23-25-9-3-1-4-10-25)18-22-37(32(33)39)24-26-11-5-2-6-12-26/h1-14,27H,15-24H2,(H,34,35). The summed E-state index contributed by atoms with van der Waals surface area (Å²) < 4.78 is 0. The van der Waals surface area contributed by atoms with Gasteiger partial charge in [-0.05, 0) is 75.0 Å². The van der Waals surface area contributed by atoms with Gasteiger partial charge in [0.25, 0.3) is 0 Å². The number of carbonyl (C=O) groups is 2. The first-order valence-electron chi connectivity index (χ1n) is 14.2. The lowest BCUT2D eigenvalue weighted by atomic mass is 9.77. The summed E-state index contributed by atoms with van der Waals surface area (Å²) in [6, 6.07) is 28.5. The maximum absolute atomic E-state index is 13.9. The zero-order valence-electron chi connectivity index (χ0n) is 22.4. The molecule has 2 saturated heterocycles. The number of aromatic amines is 1. The average Bonchev–Trinajstić information content (AvgIpc) is 3.55. The Morgan fingerprint density at radius 2 is 1.54 bits per heavy atom. The van der Waals surface area contributed by atoms with Gasteiger partial charge in [-0.2, -0.15) is 0 Å². The molecule has 6 heteroatoms. The first-order chi connectivity index (χ1) is 19.1. The molecule has 200 valence electrons. The van der Waals surface area contributed by atoms with Crippen LogP contribution in [0.15, 0.2) is 84.9 Å². The second kappa shape index (κ2) is 11.1. The number of ketones is 1. The van der Waals surface area contributed by atoms with Gasteiger partial charge in [0.1, 0.15) is 0 Å². The highest BCUT2D eigenvalue weighted by molar-refractivity contribution is 5.97. The van der Waals surface area contributed by atoms with Crippen molar-refractivity contribution in [3.63, 3.8) is 0 Å². The van der Waals surface area contributed by atoms with Crippen LogP contribution in [-0.2, 0) is 17.8 Å². The minimum Gasteiger partial charge on any atom is -0.338 e. The monoisotopic (exact) mass is 520 g/mol. The molecule has 1 N–H and O–H groups in total. The van der Waals surface area contributed by atoms with Crippen molar-refractivity contribution in [3.8, 4) is 0 Å². The van der Waals surface area contributed by atoms with E-state index >= 15 is 0 Å². The van der Waals surface area contributed by atoms with Gasteiger partial charge in [0.2, 0.25) is 11.7 Å². The van der Waals surface area contributed by atoms with Gasteiger partial charge in [-0.3, -0.25) is 9.59 Å². The van der Waals surface area contributed by atoms with E-state index < -0.39 is 0 Å². The van der Waals surface area contributed by atoms with Gasteiger partial charge < -0.3 is 14.8 Å². The van der Waals surface area contributed by atoms with Crippen LogP contribution in [0.25, 0.3) is 11.0 Å². The number of benzene rings is 3. The van der Waals surface area contributed by atoms with Crippen molar-refractivity contribution < 1.29 is 9.59 Å². The third-order valence-corrected chi connectivity index (χ3v) is 8.69. The van der Waals surface area contributed by atoms with Crippen molar-refractivity contribution in [1.29, 1.82) is 0 Å². The van der Waals surface area contributed by atoms with E-state index in [1.165, 1.54) is 11.1 Å². The lowest BCUT2D eigenvalue weighted by Gasteiger charge is -2.35. The number of likely N-dealkylation sites (tertiary alicyclic amines) is 2. The Morgan fingerprint density at radius 3 is 2.26 bits per heavy atom. The Kier molecular flexibility index (Phi) is 7.29. The molecule has 2 aliphatic rings. The molecule has 3 heterocycles. The highest BCUT2D eigenvalue weighted by Crippen LogP contribution is 2.40. The van der Waals surface area contributed by atoms with Gasteiger partial charge in [0, 0.05) is 19.0 Å². The van der Waals surface area contributed by atoms with Gasteiger partial charge in [-0.15, -0.1) is 0 Å². The molecule has 1 aromatic heterocycles. The number of nitrogens with one attached hydrogen (secondary N) is 1. The first-order valence-corrected chi connectivity index (χ1v) is 14.2. The molecule has 3 aromatic carbocycles. The minimum atomic E-state index is -0.378. The van der Waals surface area contributed by atoms with E-state index in [4.69, 9.17) is 0 Å². The van der Waals surface area contributed by atoms with Crippen molar-refractivity contribution >= 4 is 22.7 Å². The second-order valence-electron chi connectivity index (χ2n) is 11.2. The van der Waals surface area contributed by atoms with E-state index in [0.717, 1.165) is 69.3 Å². The molecule has 0 aliphatic carbocycles. The van der Waals surface area contributed by atoms with Crippen LogP contribution in [0.2, 0.25) is 0 Å². The Bertz CT molecular complexity index is 1390. The molecule has 1 atom stereocenters. The highest BCUT2D eigenvalue weighted by atomic mass is 16.2. The van der Waals surface area contributed by atoms with Crippen LogP contribution in [-0.4, -0.2) is 57.6 Å². The Morgan fingerprint density at radius 1 is 0.872 bits per heavy atom. The summed E-state index contributed by atoms with van der Waals surface area (Å²) in [7, 11) is 0. The highest BCUT2D eigenvalue weighted by Gasteiger charge is 2.46. The van der Waals surface area contributed by atoms with E-state index in [1.807, 2.05) is 48.5 Å². The van der Waals surface area contributed by atoms with E-state index in [1.54, 1.807) is 0 Å². The third-order valence-electron chi connectivity index (χ3n) is 8.69. The van der Waals surface area contributed by atoms with Crippen LogP contribution < -0.4 is 0 Å². The predicted molar refractivity (Wildman–Crippen MR) is 153 cm³/mol. The summed E-state index contributed by atoms with van der Waals surface area (Å²) in [6.07, 6.45) is 4.16. The van der Waals surface area contributed by atoms with Crippen molar-refractivity contribution in [2.45, 2.75) is 38.6 Å². The van der Waals surface area contributed by atoms with E-state index in [2.05, 4.69) is 56.2 Å². The van der Waals surface area contributed by atoms with Crippen LogP contribution in [0.5, 0.6) is 0 Å². The van der Waals surface area contributed by atoms with Crippen molar-refractivity contribution in [1.82, 2.24) is 19.8 Å². The number of rotatable bonds is 9. The van der Waals surface area contributed by atoms with Gasteiger partial charge in [-0.25, -0.2) is 4.98 Å². The van der Waals surface area contributed by atoms with E-state index in [0.29, 0.717) is 12.4 Å². The number of carbonyl (C=O) groups excluding carboxylic acids is 2. The lowest BCUT2D eigenvalue weighted by Crippen LogP contribution is -2.42. The maximum Gasteiger partial charge on any atom is 0.229 e. The van der Waals surface area contributed by atoms with Gasteiger partial charge in [0.05, 0.1) is 16.4 Å². The molecule has 1 unspecified atom stereocenters. The molecule has 0 bridgehead atoms. The molecule has 2 aliphatic heterocycles. The normalized spacial score (nSPS) is 20.6. The minimum absolute atomic E-state index is 0.00503. The van der Waals surface area contributed by atoms with Crippen molar-refractivity contribution in [2.24, 2.45) is 11.3 Å². The fourth-order valence-electron chi connectivity index (χ4n) is 6.37. The van der Waals surface area contributed by atoms with Crippen molar-refractivity contribution in [3.05, 3.63) is 102 Å². The number of imidazole rings is 1. The van der Waals surface area contributed by atoms with Crippen LogP contribution in [0, 0.1) is 11.3 Å². The molecule has 0 spiro atoms. The topological polar surface area (TPSA) is 69.3 Å². The Hall–Kier alpha value is -3.77. The summed E-state index contributed by atoms with van der Waals surface area (Å²) in [5, 5.41) is 0. The maximum atomic E-state index is 13.9. The Labute approximate surface area is 230 Å². The second-order valence-corrected chi connectivity index (χ2v) is 11.2. The summed E-state index contributed by atoms with van der Waals surface area (Å²) in [5.41, 5.74) is 3.77. The number of fused-ring (bicyclic) bond motifs is 1. The SMILES string of the molecule is O=C(c1nc2ccccc2[nH]1)C1CCN(CCC2(Cc3ccccc3)CCN(Cc3ccccc3)C2=O)CC1. The molecule has 2 fully saturated rings. The zero-order chi connectivity index (χ0) is 26.7.